The van der Waals surface area contributed by atoms with Crippen molar-refractivity contribution in [3.63, 3.8) is 0 Å². The number of para-hydroxylation sites is 1. The Morgan fingerprint density at radius 1 is 1.24 bits per heavy atom. The van der Waals surface area contributed by atoms with Crippen molar-refractivity contribution in [3.8, 4) is 5.69 Å². The van der Waals surface area contributed by atoms with Crippen LogP contribution in [-0.4, -0.2) is 25.2 Å². The number of amides is 1. The van der Waals surface area contributed by atoms with Crippen LogP contribution in [0.25, 0.3) is 5.69 Å². The fraction of sp³-hybridized carbons (Fsp3) is 0.316. The van der Waals surface area contributed by atoms with Gasteiger partial charge in [-0.25, -0.2) is 4.98 Å². The molecular weight excluding hydrogens is 314 g/mol. The molecule has 0 unspecified atom stereocenters. The Morgan fingerprint density at radius 2 is 2.08 bits per heavy atom. The zero-order valence-electron chi connectivity index (χ0n) is 14.6. The number of benzene rings is 1. The second-order valence-electron chi connectivity index (χ2n) is 6.13. The molecule has 2 aromatic heterocycles. The van der Waals surface area contributed by atoms with Crippen molar-refractivity contribution in [3.05, 3.63) is 66.0 Å². The molecule has 1 aromatic carbocycles. The molecule has 3 rings (SSSR count). The van der Waals surface area contributed by atoms with Gasteiger partial charge in [-0.1, -0.05) is 18.2 Å². The van der Waals surface area contributed by atoms with Gasteiger partial charge < -0.3 is 9.88 Å². The zero-order valence-corrected chi connectivity index (χ0v) is 14.6. The van der Waals surface area contributed by atoms with E-state index < -0.39 is 0 Å². The number of hydrogen-bond donors (Lipinski definition) is 1. The predicted octanol–water partition coefficient (Wildman–Crippen LogP) is 2.78. The summed E-state index contributed by atoms with van der Waals surface area (Å²) in [6, 6.07) is 10.0. The van der Waals surface area contributed by atoms with Crippen LogP contribution in [0.1, 0.15) is 29.8 Å². The number of imidazole rings is 1. The SMILES string of the molecule is Cc1cc(C)n(CCCC(=O)NCc2ccccc2-n2ccnc2)n1. The number of hydrogen-bond acceptors (Lipinski definition) is 3. The summed E-state index contributed by atoms with van der Waals surface area (Å²) in [6.07, 6.45) is 6.67. The number of nitrogens with one attached hydrogen (secondary N) is 1. The molecule has 0 aliphatic rings. The molecular formula is C19H23N5O. The maximum atomic E-state index is 12.1. The Bertz CT molecular complexity index is 835. The van der Waals surface area contributed by atoms with Crippen molar-refractivity contribution in [2.24, 2.45) is 0 Å². The number of carbonyl (C=O) groups excluding carboxylic acids is 1. The molecule has 0 aliphatic heterocycles. The highest BCUT2D eigenvalue weighted by molar-refractivity contribution is 5.75. The monoisotopic (exact) mass is 337 g/mol. The number of aromatic nitrogens is 4. The fourth-order valence-corrected chi connectivity index (χ4v) is 2.89. The lowest BCUT2D eigenvalue weighted by Gasteiger charge is -2.11. The molecule has 6 nitrogen and oxygen atoms in total. The third-order valence-corrected chi connectivity index (χ3v) is 4.13. The smallest absolute Gasteiger partial charge is 0.220 e. The molecule has 0 aliphatic carbocycles. The molecule has 0 fully saturated rings. The molecule has 1 N–H and O–H groups in total. The van der Waals surface area contributed by atoms with Crippen LogP contribution in [0.3, 0.4) is 0 Å². The largest absolute Gasteiger partial charge is 0.352 e. The lowest BCUT2D eigenvalue weighted by atomic mass is 10.1. The van der Waals surface area contributed by atoms with Crippen molar-refractivity contribution in [2.75, 3.05) is 0 Å². The molecule has 0 spiro atoms. The third-order valence-electron chi connectivity index (χ3n) is 4.13. The molecule has 130 valence electrons. The topological polar surface area (TPSA) is 64.7 Å². The van der Waals surface area contributed by atoms with Gasteiger partial charge in [-0.15, -0.1) is 0 Å². The molecule has 2 heterocycles. The molecule has 0 atom stereocenters. The fourth-order valence-electron chi connectivity index (χ4n) is 2.89. The number of rotatable bonds is 7. The molecule has 6 heteroatoms. The Labute approximate surface area is 147 Å². The van der Waals surface area contributed by atoms with Crippen LogP contribution in [-0.2, 0) is 17.9 Å². The molecule has 3 aromatic rings. The third kappa shape index (κ3) is 4.35. The first-order valence-electron chi connectivity index (χ1n) is 8.47. The summed E-state index contributed by atoms with van der Waals surface area (Å²) in [4.78, 5) is 16.2. The van der Waals surface area contributed by atoms with Gasteiger partial charge in [0.2, 0.25) is 5.91 Å². The zero-order chi connectivity index (χ0) is 17.6. The van der Waals surface area contributed by atoms with E-state index >= 15 is 0 Å². The Balaban J connectivity index is 1.50. The van der Waals surface area contributed by atoms with Crippen LogP contribution < -0.4 is 5.32 Å². The summed E-state index contributed by atoms with van der Waals surface area (Å²) < 4.78 is 3.90. The van der Waals surface area contributed by atoms with Crippen LogP contribution in [0, 0.1) is 13.8 Å². The normalized spacial score (nSPS) is 10.8. The van der Waals surface area contributed by atoms with Crippen molar-refractivity contribution >= 4 is 5.91 Å². The molecule has 25 heavy (non-hydrogen) atoms. The van der Waals surface area contributed by atoms with E-state index in [-0.39, 0.29) is 5.91 Å². The summed E-state index contributed by atoms with van der Waals surface area (Å²) in [5.74, 6) is 0.0574. The van der Waals surface area contributed by atoms with Gasteiger partial charge in [0.25, 0.3) is 0 Å². The van der Waals surface area contributed by atoms with Crippen molar-refractivity contribution < 1.29 is 4.79 Å². The van der Waals surface area contributed by atoms with Gasteiger partial charge in [0.15, 0.2) is 0 Å². The highest BCUT2D eigenvalue weighted by atomic mass is 16.1. The standard InChI is InChI=1S/C19H23N5O/c1-15-12-16(2)24(22-15)10-5-8-19(25)21-13-17-6-3-4-7-18(17)23-11-9-20-14-23/h3-4,6-7,9,11-12,14H,5,8,10,13H2,1-2H3,(H,21,25). The van der Waals surface area contributed by atoms with Crippen molar-refractivity contribution in [1.29, 1.82) is 0 Å². The minimum Gasteiger partial charge on any atom is -0.352 e. The number of nitrogens with zero attached hydrogens (tertiary/aromatic N) is 4. The van der Waals surface area contributed by atoms with E-state index in [2.05, 4.69) is 15.4 Å². The minimum absolute atomic E-state index is 0.0574. The second kappa shape index (κ2) is 7.79. The maximum absolute atomic E-state index is 12.1. The van der Waals surface area contributed by atoms with Crippen molar-refractivity contribution in [1.82, 2.24) is 24.6 Å². The van der Waals surface area contributed by atoms with E-state index in [1.165, 1.54) is 0 Å². The van der Waals surface area contributed by atoms with Crippen molar-refractivity contribution in [2.45, 2.75) is 39.8 Å². The quantitative estimate of drug-likeness (QED) is 0.721. The second-order valence-corrected chi connectivity index (χ2v) is 6.13. The minimum atomic E-state index is 0.0574. The van der Waals surface area contributed by atoms with Crippen LogP contribution in [0.5, 0.6) is 0 Å². The van der Waals surface area contributed by atoms with Crippen LogP contribution in [0.4, 0.5) is 0 Å². The lowest BCUT2D eigenvalue weighted by Crippen LogP contribution is -2.23. The molecule has 0 saturated carbocycles. The van der Waals surface area contributed by atoms with Gasteiger partial charge in [0.05, 0.1) is 17.7 Å². The number of carbonyl (C=O) groups is 1. The summed E-state index contributed by atoms with van der Waals surface area (Å²) >= 11 is 0. The Morgan fingerprint density at radius 3 is 2.80 bits per heavy atom. The molecule has 1 amide bonds. The van der Waals surface area contributed by atoms with Gasteiger partial charge in [-0.2, -0.15) is 5.10 Å². The summed E-state index contributed by atoms with van der Waals surface area (Å²) in [5, 5.41) is 7.42. The lowest BCUT2D eigenvalue weighted by molar-refractivity contribution is -0.121. The average molecular weight is 337 g/mol. The summed E-state index contributed by atoms with van der Waals surface area (Å²) in [7, 11) is 0. The van der Waals surface area contributed by atoms with E-state index in [1.807, 2.05) is 59.6 Å². The van der Waals surface area contributed by atoms with E-state index in [4.69, 9.17) is 0 Å². The van der Waals surface area contributed by atoms with Gasteiger partial charge in [0.1, 0.15) is 0 Å². The van der Waals surface area contributed by atoms with E-state index in [1.54, 1.807) is 12.5 Å². The van der Waals surface area contributed by atoms with Gasteiger partial charge >= 0.3 is 0 Å². The molecule has 0 saturated heterocycles. The highest BCUT2D eigenvalue weighted by Crippen LogP contribution is 2.14. The maximum Gasteiger partial charge on any atom is 0.220 e. The van der Waals surface area contributed by atoms with Crippen LogP contribution in [0.15, 0.2) is 49.1 Å². The Hall–Kier alpha value is -2.89. The van der Waals surface area contributed by atoms with Gasteiger partial charge in [0, 0.05) is 37.6 Å². The van der Waals surface area contributed by atoms with E-state index in [0.29, 0.717) is 13.0 Å². The highest BCUT2D eigenvalue weighted by Gasteiger charge is 2.07. The van der Waals surface area contributed by atoms with E-state index in [0.717, 1.165) is 35.6 Å². The van der Waals surface area contributed by atoms with E-state index in [9.17, 15) is 4.79 Å². The first-order valence-corrected chi connectivity index (χ1v) is 8.47. The number of aryl methyl sites for hydroxylation is 3. The molecule has 0 bridgehead atoms. The average Bonchev–Trinajstić information content (AvgIpc) is 3.23. The summed E-state index contributed by atoms with van der Waals surface area (Å²) in [5.41, 5.74) is 4.24. The molecule has 0 radical (unpaired) electrons. The first-order chi connectivity index (χ1) is 12.1. The first kappa shape index (κ1) is 17.0. The Kier molecular flexibility index (Phi) is 5.28. The van der Waals surface area contributed by atoms with Gasteiger partial charge in [-0.05, 0) is 38.0 Å². The van der Waals surface area contributed by atoms with Crippen LogP contribution >= 0.6 is 0 Å². The van der Waals surface area contributed by atoms with Crippen LogP contribution in [0.2, 0.25) is 0 Å². The van der Waals surface area contributed by atoms with Gasteiger partial charge in [-0.3, -0.25) is 9.48 Å². The predicted molar refractivity (Wildman–Crippen MR) is 96.3 cm³/mol. The summed E-state index contributed by atoms with van der Waals surface area (Å²) in [6.45, 7) is 5.28.